The van der Waals surface area contributed by atoms with Gasteiger partial charge in [-0.3, -0.25) is 14.3 Å². The van der Waals surface area contributed by atoms with E-state index in [9.17, 15) is 8.42 Å². The number of sulfonamides is 1. The molecule has 1 N–H and O–H groups in total. The number of hydrogen-bond acceptors (Lipinski definition) is 5. The first-order valence-electron chi connectivity index (χ1n) is 10.9. The van der Waals surface area contributed by atoms with Crippen LogP contribution in [0.3, 0.4) is 0 Å². The standard InChI is InChI=1S/C24H31N5O2S/c1-18-24(19(2)28(4)25-18)26-32(30,31)22-11-9-20(10-12-22)23-8-6-5-7-21(23)17-29-15-13-27(3)14-16-29/h5-12,26H,13-17H2,1-4H3. The highest BCUT2D eigenvalue weighted by Crippen LogP contribution is 2.28. The molecule has 0 amide bonds. The predicted molar refractivity (Wildman–Crippen MR) is 128 cm³/mol. The molecule has 8 heteroatoms. The minimum atomic E-state index is -3.70. The van der Waals surface area contributed by atoms with Crippen molar-refractivity contribution in [2.24, 2.45) is 7.05 Å². The van der Waals surface area contributed by atoms with Crippen molar-refractivity contribution in [3.63, 3.8) is 0 Å². The monoisotopic (exact) mass is 453 g/mol. The average Bonchev–Trinajstić information content (AvgIpc) is 3.01. The fraction of sp³-hybridized carbons (Fsp3) is 0.375. The van der Waals surface area contributed by atoms with Gasteiger partial charge in [0.25, 0.3) is 10.0 Å². The van der Waals surface area contributed by atoms with Crippen molar-refractivity contribution in [2.75, 3.05) is 37.9 Å². The number of benzene rings is 2. The topological polar surface area (TPSA) is 70.5 Å². The van der Waals surface area contributed by atoms with Gasteiger partial charge in [0.05, 0.1) is 22.0 Å². The molecule has 7 nitrogen and oxygen atoms in total. The van der Waals surface area contributed by atoms with E-state index in [0.717, 1.165) is 49.5 Å². The molecule has 0 bridgehead atoms. The van der Waals surface area contributed by atoms with Crippen LogP contribution < -0.4 is 4.72 Å². The average molecular weight is 454 g/mol. The van der Waals surface area contributed by atoms with E-state index in [4.69, 9.17) is 0 Å². The molecule has 3 aromatic rings. The maximum atomic E-state index is 13.0. The number of hydrogen-bond donors (Lipinski definition) is 1. The van der Waals surface area contributed by atoms with Crippen molar-refractivity contribution in [1.82, 2.24) is 19.6 Å². The Morgan fingerprint density at radius 3 is 2.22 bits per heavy atom. The Kier molecular flexibility index (Phi) is 6.37. The SMILES string of the molecule is Cc1nn(C)c(C)c1NS(=O)(=O)c1ccc(-c2ccccc2CN2CCN(C)CC2)cc1. The Morgan fingerprint density at radius 1 is 0.938 bits per heavy atom. The lowest BCUT2D eigenvalue weighted by atomic mass is 9.99. The molecule has 0 saturated carbocycles. The van der Waals surface area contributed by atoms with Crippen molar-refractivity contribution >= 4 is 15.7 Å². The van der Waals surface area contributed by atoms with Crippen molar-refractivity contribution in [1.29, 1.82) is 0 Å². The first-order valence-corrected chi connectivity index (χ1v) is 12.3. The number of likely N-dealkylation sites (N-methyl/N-ethyl adjacent to an activating group) is 1. The van der Waals surface area contributed by atoms with Gasteiger partial charge >= 0.3 is 0 Å². The second-order valence-corrected chi connectivity index (χ2v) is 10.2. The van der Waals surface area contributed by atoms with E-state index in [0.29, 0.717) is 11.4 Å². The van der Waals surface area contributed by atoms with Gasteiger partial charge in [0.15, 0.2) is 0 Å². The molecular formula is C24H31N5O2S. The number of aryl methyl sites for hydroxylation is 2. The Hall–Kier alpha value is -2.68. The molecule has 0 aliphatic carbocycles. The first-order chi connectivity index (χ1) is 15.2. The fourth-order valence-corrected chi connectivity index (χ4v) is 5.29. The lowest BCUT2D eigenvalue weighted by Gasteiger charge is -2.32. The Labute approximate surface area is 190 Å². The van der Waals surface area contributed by atoms with Gasteiger partial charge in [-0.25, -0.2) is 8.42 Å². The molecule has 1 saturated heterocycles. The zero-order valence-corrected chi connectivity index (χ0v) is 20.0. The van der Waals surface area contributed by atoms with Crippen LogP contribution in [-0.2, 0) is 23.6 Å². The summed E-state index contributed by atoms with van der Waals surface area (Å²) in [6, 6.07) is 15.5. The van der Waals surface area contributed by atoms with Crippen LogP contribution in [0.2, 0.25) is 0 Å². The zero-order chi connectivity index (χ0) is 22.9. The highest BCUT2D eigenvalue weighted by atomic mass is 32.2. The third-order valence-electron chi connectivity index (χ3n) is 6.23. The van der Waals surface area contributed by atoms with Crippen LogP contribution in [0.25, 0.3) is 11.1 Å². The molecule has 2 aromatic carbocycles. The lowest BCUT2D eigenvalue weighted by molar-refractivity contribution is 0.148. The van der Waals surface area contributed by atoms with Gasteiger partial charge in [0.1, 0.15) is 0 Å². The normalized spacial score (nSPS) is 15.8. The number of nitrogens with zero attached hydrogens (tertiary/aromatic N) is 4. The van der Waals surface area contributed by atoms with Crippen LogP contribution in [0.4, 0.5) is 5.69 Å². The molecule has 0 spiro atoms. The maximum Gasteiger partial charge on any atom is 0.262 e. The minimum Gasteiger partial charge on any atom is -0.304 e. The highest BCUT2D eigenvalue weighted by Gasteiger charge is 2.20. The summed E-state index contributed by atoms with van der Waals surface area (Å²) in [4.78, 5) is 5.06. The first kappa shape index (κ1) is 22.5. The molecule has 0 unspecified atom stereocenters. The van der Waals surface area contributed by atoms with E-state index in [1.807, 2.05) is 25.1 Å². The third kappa shape index (κ3) is 4.72. The van der Waals surface area contributed by atoms with E-state index < -0.39 is 10.0 Å². The molecule has 2 heterocycles. The summed E-state index contributed by atoms with van der Waals surface area (Å²) in [5, 5.41) is 4.29. The van der Waals surface area contributed by atoms with Crippen molar-refractivity contribution < 1.29 is 8.42 Å². The highest BCUT2D eigenvalue weighted by molar-refractivity contribution is 7.92. The van der Waals surface area contributed by atoms with Crippen molar-refractivity contribution in [3.8, 4) is 11.1 Å². The van der Waals surface area contributed by atoms with Crippen molar-refractivity contribution in [3.05, 3.63) is 65.5 Å². The lowest BCUT2D eigenvalue weighted by Crippen LogP contribution is -2.43. The van der Waals surface area contributed by atoms with Crippen LogP contribution >= 0.6 is 0 Å². The third-order valence-corrected chi connectivity index (χ3v) is 7.59. The summed E-state index contributed by atoms with van der Waals surface area (Å²) in [6.07, 6.45) is 0. The Balaban J connectivity index is 1.55. The summed E-state index contributed by atoms with van der Waals surface area (Å²) >= 11 is 0. The van der Waals surface area contributed by atoms with Gasteiger partial charge in [0, 0.05) is 39.8 Å². The summed E-state index contributed by atoms with van der Waals surface area (Å²) in [6.45, 7) is 8.81. The maximum absolute atomic E-state index is 13.0. The van der Waals surface area contributed by atoms with Gasteiger partial charge in [-0.15, -0.1) is 0 Å². The van der Waals surface area contributed by atoms with Crippen LogP contribution in [0.15, 0.2) is 53.4 Å². The Bertz CT molecular complexity index is 1190. The molecule has 0 radical (unpaired) electrons. The number of piperazine rings is 1. The second kappa shape index (κ2) is 9.05. The van der Waals surface area contributed by atoms with E-state index in [1.54, 1.807) is 30.8 Å². The van der Waals surface area contributed by atoms with Crippen LogP contribution in [0, 0.1) is 13.8 Å². The largest absolute Gasteiger partial charge is 0.304 e. The molecule has 1 aliphatic rings. The quantitative estimate of drug-likeness (QED) is 0.620. The molecule has 0 atom stereocenters. The van der Waals surface area contributed by atoms with Crippen LogP contribution in [0.5, 0.6) is 0 Å². The van der Waals surface area contributed by atoms with E-state index >= 15 is 0 Å². The van der Waals surface area contributed by atoms with Gasteiger partial charge < -0.3 is 4.90 Å². The molecule has 170 valence electrons. The molecule has 1 aliphatic heterocycles. The second-order valence-electron chi connectivity index (χ2n) is 8.54. The molecule has 1 aromatic heterocycles. The van der Waals surface area contributed by atoms with Gasteiger partial charge in [-0.05, 0) is 49.7 Å². The molecule has 32 heavy (non-hydrogen) atoms. The smallest absolute Gasteiger partial charge is 0.262 e. The summed E-state index contributed by atoms with van der Waals surface area (Å²) < 4.78 is 30.3. The number of nitrogens with one attached hydrogen (secondary N) is 1. The van der Waals surface area contributed by atoms with Gasteiger partial charge in [-0.2, -0.15) is 5.10 Å². The van der Waals surface area contributed by atoms with E-state index in [2.05, 4.69) is 44.9 Å². The number of anilines is 1. The fourth-order valence-electron chi connectivity index (χ4n) is 4.11. The summed E-state index contributed by atoms with van der Waals surface area (Å²) in [5.41, 5.74) is 5.38. The van der Waals surface area contributed by atoms with Gasteiger partial charge in [0.2, 0.25) is 0 Å². The summed E-state index contributed by atoms with van der Waals surface area (Å²) in [5.74, 6) is 0. The molecule has 1 fully saturated rings. The van der Waals surface area contributed by atoms with Crippen molar-refractivity contribution in [2.45, 2.75) is 25.3 Å². The molecular weight excluding hydrogens is 422 g/mol. The van der Waals surface area contributed by atoms with E-state index in [-0.39, 0.29) is 4.90 Å². The van der Waals surface area contributed by atoms with Crippen LogP contribution in [-0.4, -0.2) is 61.2 Å². The van der Waals surface area contributed by atoms with E-state index in [1.165, 1.54) is 5.56 Å². The zero-order valence-electron chi connectivity index (χ0n) is 19.2. The minimum absolute atomic E-state index is 0.237. The molecule has 4 rings (SSSR count). The van der Waals surface area contributed by atoms with Crippen LogP contribution in [0.1, 0.15) is 17.0 Å². The Morgan fingerprint density at radius 2 is 1.59 bits per heavy atom. The van der Waals surface area contributed by atoms with Gasteiger partial charge in [-0.1, -0.05) is 36.4 Å². The summed E-state index contributed by atoms with van der Waals surface area (Å²) in [7, 11) is 0.261. The number of aromatic nitrogens is 2. The number of rotatable bonds is 6. The predicted octanol–water partition coefficient (Wildman–Crippen LogP) is 3.25.